The second kappa shape index (κ2) is 8.41. The molecule has 30 heavy (non-hydrogen) atoms. The normalized spacial score (nSPS) is 21.9. The van der Waals surface area contributed by atoms with Crippen molar-refractivity contribution in [3.63, 3.8) is 0 Å². The number of carboxylic acid groups (broad SMARTS) is 1. The second-order valence-electron chi connectivity index (χ2n) is 8.51. The van der Waals surface area contributed by atoms with Crippen molar-refractivity contribution in [2.24, 2.45) is 5.92 Å². The zero-order valence-corrected chi connectivity index (χ0v) is 17.3. The molecular formula is C21H28N6O3. The summed E-state index contributed by atoms with van der Waals surface area (Å²) in [6, 6.07) is 1.96. The molecule has 0 radical (unpaired) electrons. The van der Waals surface area contributed by atoms with E-state index in [0.29, 0.717) is 17.4 Å². The molecule has 0 aliphatic heterocycles. The van der Waals surface area contributed by atoms with Gasteiger partial charge in [-0.2, -0.15) is 5.10 Å². The third kappa shape index (κ3) is 4.60. The molecule has 0 aromatic carbocycles. The molecule has 2 aliphatic carbocycles. The number of carbonyl (C=O) groups excluding carboxylic acids is 1. The van der Waals surface area contributed by atoms with E-state index in [1.807, 2.05) is 19.9 Å². The van der Waals surface area contributed by atoms with Gasteiger partial charge in [0.05, 0.1) is 17.8 Å². The number of aromatic nitrogens is 4. The van der Waals surface area contributed by atoms with Crippen LogP contribution in [0.4, 0.5) is 10.6 Å². The summed E-state index contributed by atoms with van der Waals surface area (Å²) in [5.74, 6) is 0.988. The predicted octanol–water partition coefficient (Wildman–Crippen LogP) is 3.10. The van der Waals surface area contributed by atoms with Gasteiger partial charge in [-0.1, -0.05) is 0 Å². The number of aromatic amines is 1. The van der Waals surface area contributed by atoms with Crippen LogP contribution in [0.3, 0.4) is 0 Å². The van der Waals surface area contributed by atoms with E-state index in [9.17, 15) is 14.7 Å². The maximum Gasteiger partial charge on any atom is 0.407 e. The largest absolute Gasteiger partial charge is 0.465 e. The van der Waals surface area contributed by atoms with Gasteiger partial charge in [-0.05, 0) is 51.9 Å². The molecule has 3 N–H and O–H groups in total. The van der Waals surface area contributed by atoms with Gasteiger partial charge in [-0.3, -0.25) is 19.9 Å². The van der Waals surface area contributed by atoms with E-state index in [0.717, 1.165) is 43.5 Å². The zero-order valence-electron chi connectivity index (χ0n) is 17.3. The van der Waals surface area contributed by atoms with Crippen LogP contribution in [0.1, 0.15) is 62.0 Å². The van der Waals surface area contributed by atoms with E-state index in [1.54, 1.807) is 17.3 Å². The van der Waals surface area contributed by atoms with Crippen LogP contribution in [0, 0.1) is 12.8 Å². The molecule has 2 amide bonds. The van der Waals surface area contributed by atoms with Crippen LogP contribution in [0.2, 0.25) is 0 Å². The average molecular weight is 412 g/mol. The van der Waals surface area contributed by atoms with E-state index in [1.165, 1.54) is 0 Å². The van der Waals surface area contributed by atoms with Crippen molar-refractivity contribution < 1.29 is 14.7 Å². The van der Waals surface area contributed by atoms with E-state index in [4.69, 9.17) is 0 Å². The van der Waals surface area contributed by atoms with Gasteiger partial charge in [0.25, 0.3) is 0 Å². The lowest BCUT2D eigenvalue weighted by molar-refractivity contribution is -0.115. The topological polar surface area (TPSA) is 124 Å². The highest BCUT2D eigenvalue weighted by Gasteiger charge is 2.41. The maximum absolute atomic E-state index is 12.3. The van der Waals surface area contributed by atoms with Crippen LogP contribution < -0.4 is 5.32 Å². The number of hydrogen-bond acceptors (Lipinski definition) is 5. The Morgan fingerprint density at radius 1 is 1.27 bits per heavy atom. The van der Waals surface area contributed by atoms with Crippen LogP contribution in [0.25, 0.3) is 0 Å². The highest BCUT2D eigenvalue weighted by molar-refractivity contribution is 5.91. The number of H-pyrrole nitrogens is 1. The summed E-state index contributed by atoms with van der Waals surface area (Å²) in [5.41, 5.74) is 2.34. The summed E-state index contributed by atoms with van der Waals surface area (Å²) >= 11 is 0. The fourth-order valence-corrected chi connectivity index (χ4v) is 4.43. The molecule has 9 nitrogen and oxygen atoms in total. The Labute approximate surface area is 175 Å². The molecule has 0 spiro atoms. The second-order valence-corrected chi connectivity index (χ2v) is 8.51. The Morgan fingerprint density at radius 3 is 2.73 bits per heavy atom. The van der Waals surface area contributed by atoms with Gasteiger partial charge < -0.3 is 15.3 Å². The maximum atomic E-state index is 12.3. The molecule has 2 aromatic rings. The Balaban J connectivity index is 1.34. The first kappa shape index (κ1) is 20.3. The van der Waals surface area contributed by atoms with Gasteiger partial charge in [0.15, 0.2) is 5.82 Å². The summed E-state index contributed by atoms with van der Waals surface area (Å²) in [6.07, 6.45) is 7.32. The first-order valence-corrected chi connectivity index (χ1v) is 10.5. The van der Waals surface area contributed by atoms with Gasteiger partial charge in [0.1, 0.15) is 0 Å². The fourth-order valence-electron chi connectivity index (χ4n) is 4.43. The quantitative estimate of drug-likeness (QED) is 0.642. The van der Waals surface area contributed by atoms with Crippen molar-refractivity contribution in [1.29, 1.82) is 0 Å². The molecule has 2 heterocycles. The number of amides is 2. The zero-order chi connectivity index (χ0) is 21.3. The van der Waals surface area contributed by atoms with E-state index < -0.39 is 6.09 Å². The van der Waals surface area contributed by atoms with Crippen LogP contribution >= 0.6 is 0 Å². The van der Waals surface area contributed by atoms with Crippen LogP contribution in [-0.4, -0.2) is 54.3 Å². The first-order chi connectivity index (χ1) is 14.4. The summed E-state index contributed by atoms with van der Waals surface area (Å²) in [7, 11) is 0. The third-order valence-corrected chi connectivity index (χ3v) is 6.24. The van der Waals surface area contributed by atoms with Crippen LogP contribution in [0.15, 0.2) is 18.5 Å². The van der Waals surface area contributed by atoms with Crippen molar-refractivity contribution >= 4 is 17.8 Å². The van der Waals surface area contributed by atoms with Gasteiger partial charge in [0.2, 0.25) is 5.91 Å². The van der Waals surface area contributed by atoms with Crippen LogP contribution in [0.5, 0.6) is 0 Å². The predicted molar refractivity (Wildman–Crippen MR) is 110 cm³/mol. The van der Waals surface area contributed by atoms with Gasteiger partial charge in [-0.25, -0.2) is 4.79 Å². The molecule has 160 valence electrons. The lowest BCUT2D eigenvalue weighted by atomic mass is 10.0. The first-order valence-electron chi connectivity index (χ1n) is 10.5. The number of aryl methyl sites for hydroxylation is 1. The van der Waals surface area contributed by atoms with Gasteiger partial charge >= 0.3 is 6.09 Å². The number of anilines is 1. The molecule has 2 saturated carbocycles. The molecule has 9 heteroatoms. The summed E-state index contributed by atoms with van der Waals surface area (Å²) in [4.78, 5) is 34.1. The van der Waals surface area contributed by atoms with E-state index >= 15 is 0 Å². The lowest BCUT2D eigenvalue weighted by Crippen LogP contribution is -2.45. The van der Waals surface area contributed by atoms with Crippen molar-refractivity contribution in [3.05, 3.63) is 35.5 Å². The minimum atomic E-state index is -0.822. The van der Waals surface area contributed by atoms with Crippen molar-refractivity contribution in [1.82, 2.24) is 25.1 Å². The molecule has 2 fully saturated rings. The molecule has 3 atom stereocenters. The smallest absolute Gasteiger partial charge is 0.407 e. The molecule has 0 bridgehead atoms. The third-order valence-electron chi connectivity index (χ3n) is 6.24. The Hall–Kier alpha value is -2.97. The molecule has 2 unspecified atom stereocenters. The Kier molecular flexibility index (Phi) is 5.69. The summed E-state index contributed by atoms with van der Waals surface area (Å²) < 4.78 is 0. The number of rotatable bonds is 7. The van der Waals surface area contributed by atoms with Gasteiger partial charge in [-0.15, -0.1) is 0 Å². The van der Waals surface area contributed by atoms with Crippen molar-refractivity contribution in [3.8, 4) is 0 Å². The van der Waals surface area contributed by atoms with E-state index in [-0.39, 0.29) is 30.3 Å². The summed E-state index contributed by atoms with van der Waals surface area (Å²) in [5, 5.41) is 19.7. The number of hydrogen-bond donors (Lipinski definition) is 3. The SMILES string of the molecule is Cc1cnc(CC(=O)Nc2cc(C3CCC(N(C(=O)O)[C@H](C)C4CC4)C3)[nH]n2)cn1. The monoisotopic (exact) mass is 412 g/mol. The minimum absolute atomic E-state index is 0.0320. The molecule has 4 rings (SSSR count). The molecular weight excluding hydrogens is 384 g/mol. The average Bonchev–Trinajstić information content (AvgIpc) is 3.27. The Bertz CT molecular complexity index is 908. The van der Waals surface area contributed by atoms with Crippen molar-refractivity contribution in [2.45, 2.75) is 70.4 Å². The fraction of sp³-hybridized carbons (Fsp3) is 0.571. The Morgan fingerprint density at radius 2 is 2.07 bits per heavy atom. The van der Waals surface area contributed by atoms with Crippen LogP contribution in [-0.2, 0) is 11.2 Å². The summed E-state index contributed by atoms with van der Waals surface area (Å²) in [6.45, 7) is 3.87. The number of nitrogens with zero attached hydrogens (tertiary/aromatic N) is 4. The minimum Gasteiger partial charge on any atom is -0.465 e. The molecule has 2 aliphatic rings. The highest BCUT2D eigenvalue weighted by atomic mass is 16.4. The highest BCUT2D eigenvalue weighted by Crippen LogP contribution is 2.41. The molecule has 0 saturated heterocycles. The number of nitrogens with one attached hydrogen (secondary N) is 2. The van der Waals surface area contributed by atoms with E-state index in [2.05, 4.69) is 25.5 Å². The molecule has 2 aromatic heterocycles. The van der Waals surface area contributed by atoms with Crippen molar-refractivity contribution in [2.75, 3.05) is 5.32 Å². The van der Waals surface area contributed by atoms with Gasteiger partial charge in [0, 0.05) is 42.2 Å². The lowest BCUT2D eigenvalue weighted by Gasteiger charge is -2.32. The standard InChI is InChI=1S/C21H28N6O3/c1-12-10-23-16(11-22-12)8-20(28)24-19-9-18(25-26-19)15-5-6-17(7-15)27(21(29)30)13(2)14-3-4-14/h9-11,13-15,17H,3-8H2,1-2H3,(H,29,30)(H2,24,25,26,28)/t13-,15?,17?/m1/s1. The number of carbonyl (C=O) groups is 2.